The van der Waals surface area contributed by atoms with E-state index >= 15 is 0 Å². The predicted octanol–water partition coefficient (Wildman–Crippen LogP) is -0.558. The summed E-state index contributed by atoms with van der Waals surface area (Å²) in [5.41, 5.74) is 0. The van der Waals surface area contributed by atoms with Crippen molar-refractivity contribution < 1.29 is 4.79 Å². The molecule has 0 aromatic heterocycles. The fourth-order valence-corrected chi connectivity index (χ4v) is 1.40. The van der Waals surface area contributed by atoms with Crippen molar-refractivity contribution >= 4 is 17.7 Å². The van der Waals surface area contributed by atoms with Crippen LogP contribution in [0.2, 0.25) is 0 Å². The lowest BCUT2D eigenvalue weighted by atomic mass is 10.5. The Bertz CT molecular complexity index is 207. The van der Waals surface area contributed by atoms with Gasteiger partial charge in [0.1, 0.15) is 0 Å². The van der Waals surface area contributed by atoms with Gasteiger partial charge in [-0.15, -0.1) is 11.8 Å². The summed E-state index contributed by atoms with van der Waals surface area (Å²) in [6.45, 7) is 1.72. The Morgan fingerprint density at radius 1 is 1.42 bits per heavy atom. The number of hydrogen-bond donors (Lipinski definition) is 2. The Labute approximate surface area is 76.7 Å². The lowest BCUT2D eigenvalue weighted by Crippen LogP contribution is -2.34. The van der Waals surface area contributed by atoms with E-state index in [9.17, 15) is 4.79 Å². The zero-order valence-electron chi connectivity index (χ0n) is 6.85. The fraction of sp³-hybridized carbons (Fsp3) is 0.625. The van der Waals surface area contributed by atoms with Crippen molar-refractivity contribution in [1.82, 2.24) is 10.6 Å². The van der Waals surface area contributed by atoms with Gasteiger partial charge in [0.25, 0.3) is 0 Å². The van der Waals surface area contributed by atoms with Crippen LogP contribution in [0.4, 0.5) is 0 Å². The number of hydrogen-bond acceptors (Lipinski definition) is 3. The second-order valence-corrected chi connectivity index (χ2v) is 3.46. The maximum atomic E-state index is 11.0. The first kappa shape index (κ1) is 9.43. The van der Waals surface area contributed by atoms with Crippen molar-refractivity contribution in [3.63, 3.8) is 0 Å². The molecule has 3 nitrogen and oxygen atoms in total. The molecule has 66 valence electrons. The van der Waals surface area contributed by atoms with Gasteiger partial charge in [0.05, 0.1) is 18.8 Å². The van der Waals surface area contributed by atoms with Gasteiger partial charge in [-0.2, -0.15) is 0 Å². The van der Waals surface area contributed by atoms with Crippen LogP contribution in [0, 0.1) is 11.8 Å². The van der Waals surface area contributed by atoms with Gasteiger partial charge in [0.2, 0.25) is 5.91 Å². The predicted molar refractivity (Wildman–Crippen MR) is 51.0 cm³/mol. The molecule has 0 aromatic carbocycles. The summed E-state index contributed by atoms with van der Waals surface area (Å²) in [5.74, 6) is 7.81. The Balaban J connectivity index is 2.29. The van der Waals surface area contributed by atoms with Gasteiger partial charge in [-0.1, -0.05) is 11.8 Å². The molecule has 1 rings (SSSR count). The highest BCUT2D eigenvalue weighted by atomic mass is 32.2. The third kappa shape index (κ3) is 4.27. The van der Waals surface area contributed by atoms with Crippen molar-refractivity contribution in [1.29, 1.82) is 0 Å². The largest absolute Gasteiger partial charge is 0.354 e. The molecule has 0 aromatic rings. The van der Waals surface area contributed by atoms with Gasteiger partial charge in [0.15, 0.2) is 0 Å². The quantitative estimate of drug-likeness (QED) is 0.496. The average Bonchev–Trinajstić information content (AvgIpc) is 2.11. The first-order chi connectivity index (χ1) is 5.89. The van der Waals surface area contributed by atoms with E-state index in [1.807, 2.05) is 0 Å². The number of thioether (sulfide) groups is 1. The monoisotopic (exact) mass is 184 g/mol. The summed E-state index contributed by atoms with van der Waals surface area (Å²) >= 11 is 1.75. The lowest BCUT2D eigenvalue weighted by molar-refractivity contribution is -0.120. The maximum absolute atomic E-state index is 11.0. The highest BCUT2D eigenvalue weighted by Crippen LogP contribution is 1.95. The first-order valence-corrected chi connectivity index (χ1v) is 5.06. The van der Waals surface area contributed by atoms with Crippen LogP contribution in [0.1, 0.15) is 0 Å². The van der Waals surface area contributed by atoms with Gasteiger partial charge in [-0.25, -0.2) is 0 Å². The molecule has 12 heavy (non-hydrogen) atoms. The van der Waals surface area contributed by atoms with Crippen molar-refractivity contribution in [3.05, 3.63) is 0 Å². The molecule has 0 spiro atoms. The van der Waals surface area contributed by atoms with E-state index in [0.717, 1.165) is 18.1 Å². The van der Waals surface area contributed by atoms with Crippen LogP contribution in [0.25, 0.3) is 0 Å². The highest BCUT2D eigenvalue weighted by molar-refractivity contribution is 7.99. The summed E-state index contributed by atoms with van der Waals surface area (Å²) in [4.78, 5) is 11.0. The van der Waals surface area contributed by atoms with Crippen molar-refractivity contribution in [2.45, 2.75) is 0 Å². The molecule has 1 aliphatic heterocycles. The number of rotatable bonds is 0. The molecule has 0 unspecified atom stereocenters. The Kier molecular flexibility index (Phi) is 4.65. The third-order valence-electron chi connectivity index (χ3n) is 1.37. The summed E-state index contributed by atoms with van der Waals surface area (Å²) < 4.78 is 0. The molecule has 0 aliphatic carbocycles. The normalized spacial score (nSPS) is 19.8. The van der Waals surface area contributed by atoms with Gasteiger partial charge in [0, 0.05) is 12.3 Å². The molecule has 0 radical (unpaired) electrons. The fourth-order valence-electron chi connectivity index (χ4n) is 0.800. The number of nitrogens with one attached hydrogen (secondary N) is 2. The van der Waals surface area contributed by atoms with E-state index in [4.69, 9.17) is 0 Å². The van der Waals surface area contributed by atoms with Crippen molar-refractivity contribution in [3.8, 4) is 11.8 Å². The first-order valence-electron chi connectivity index (χ1n) is 3.90. The average molecular weight is 184 g/mol. The van der Waals surface area contributed by atoms with Crippen molar-refractivity contribution in [2.24, 2.45) is 0 Å². The van der Waals surface area contributed by atoms with Crippen LogP contribution in [0.15, 0.2) is 0 Å². The molecule has 1 heterocycles. The van der Waals surface area contributed by atoms with Crippen LogP contribution in [-0.2, 0) is 4.79 Å². The number of amides is 1. The number of carbonyl (C=O) groups is 1. The molecule has 2 N–H and O–H groups in total. The van der Waals surface area contributed by atoms with E-state index in [1.165, 1.54) is 0 Å². The van der Waals surface area contributed by atoms with E-state index in [1.54, 1.807) is 11.8 Å². The third-order valence-corrected chi connectivity index (χ3v) is 2.21. The Morgan fingerprint density at radius 2 is 2.33 bits per heavy atom. The molecular formula is C8H12N2OS. The zero-order chi connectivity index (χ0) is 8.65. The van der Waals surface area contributed by atoms with Crippen LogP contribution in [-0.4, -0.2) is 37.0 Å². The maximum Gasteiger partial charge on any atom is 0.234 e. The molecule has 4 heteroatoms. The Morgan fingerprint density at radius 3 is 3.25 bits per heavy atom. The molecule has 0 saturated heterocycles. The van der Waals surface area contributed by atoms with E-state index in [0.29, 0.717) is 13.1 Å². The lowest BCUT2D eigenvalue weighted by Gasteiger charge is -2.02. The van der Waals surface area contributed by atoms with Crippen LogP contribution >= 0.6 is 11.8 Å². The molecule has 1 aliphatic rings. The standard InChI is InChI=1S/C8H12N2OS/c11-8-7-9-3-1-2-5-12-6-4-10-8/h9H,3-7H2,(H,10,11). The zero-order valence-corrected chi connectivity index (χ0v) is 7.67. The molecular weight excluding hydrogens is 172 g/mol. The number of carbonyl (C=O) groups excluding carboxylic acids is 1. The minimum absolute atomic E-state index is 0.0549. The Hall–Kier alpha value is -0.660. The summed E-state index contributed by atoms with van der Waals surface area (Å²) in [7, 11) is 0. The second-order valence-electron chi connectivity index (χ2n) is 2.36. The second kappa shape index (κ2) is 5.92. The molecule has 0 saturated carbocycles. The van der Waals surface area contributed by atoms with Crippen LogP contribution < -0.4 is 10.6 Å². The van der Waals surface area contributed by atoms with Gasteiger partial charge in [-0.3, -0.25) is 10.1 Å². The van der Waals surface area contributed by atoms with Gasteiger partial charge in [-0.05, 0) is 0 Å². The van der Waals surface area contributed by atoms with Crippen LogP contribution in [0.5, 0.6) is 0 Å². The van der Waals surface area contributed by atoms with E-state index < -0.39 is 0 Å². The van der Waals surface area contributed by atoms with Gasteiger partial charge < -0.3 is 5.32 Å². The summed E-state index contributed by atoms with van der Waals surface area (Å²) in [6, 6.07) is 0. The molecule has 0 fully saturated rings. The topological polar surface area (TPSA) is 41.1 Å². The SMILES string of the molecule is O=C1CNCC#CCSCCN1. The highest BCUT2D eigenvalue weighted by Gasteiger charge is 1.98. The van der Waals surface area contributed by atoms with Crippen LogP contribution in [0.3, 0.4) is 0 Å². The summed E-state index contributed by atoms with van der Waals surface area (Å²) in [6.07, 6.45) is 0. The van der Waals surface area contributed by atoms with Gasteiger partial charge >= 0.3 is 0 Å². The van der Waals surface area contributed by atoms with E-state index in [-0.39, 0.29) is 5.91 Å². The van der Waals surface area contributed by atoms with Crippen molar-refractivity contribution in [2.75, 3.05) is 31.1 Å². The molecule has 0 atom stereocenters. The summed E-state index contributed by atoms with van der Waals surface area (Å²) in [5, 5.41) is 5.74. The van der Waals surface area contributed by atoms with E-state index in [2.05, 4.69) is 22.5 Å². The minimum atomic E-state index is 0.0549. The molecule has 0 bridgehead atoms. The smallest absolute Gasteiger partial charge is 0.234 e. The minimum Gasteiger partial charge on any atom is -0.354 e. The molecule has 1 amide bonds.